The molecule has 3 rings (SSSR count). The molecule has 1 aliphatic rings. The van der Waals surface area contributed by atoms with Crippen LogP contribution >= 0.6 is 11.3 Å². The van der Waals surface area contributed by atoms with Gasteiger partial charge in [0.15, 0.2) is 0 Å². The molecule has 1 aliphatic heterocycles. The van der Waals surface area contributed by atoms with Gasteiger partial charge in [-0.3, -0.25) is 4.79 Å². The van der Waals surface area contributed by atoms with E-state index in [1.54, 1.807) is 17.5 Å². The van der Waals surface area contributed by atoms with Gasteiger partial charge in [-0.1, -0.05) is 12.1 Å². The molecule has 2 aromatic rings. The number of amides is 1. The zero-order valence-electron chi connectivity index (χ0n) is 11.7. The molecule has 2 unspecified atom stereocenters. The highest BCUT2D eigenvalue weighted by Crippen LogP contribution is 2.25. The third-order valence-corrected chi connectivity index (χ3v) is 4.42. The molecular weight excluding hydrogens is 286 g/mol. The minimum Gasteiger partial charge on any atom is -0.379 e. The van der Waals surface area contributed by atoms with Crippen molar-refractivity contribution in [2.24, 2.45) is 5.92 Å². The van der Waals surface area contributed by atoms with Crippen molar-refractivity contribution < 1.29 is 9.53 Å². The third kappa shape index (κ3) is 3.12. The van der Waals surface area contributed by atoms with E-state index in [0.29, 0.717) is 13.2 Å². The number of rotatable bonds is 4. The van der Waals surface area contributed by atoms with Crippen LogP contribution in [-0.4, -0.2) is 37.2 Å². The molecule has 0 radical (unpaired) electrons. The molecule has 0 spiro atoms. The second kappa shape index (κ2) is 6.34. The van der Waals surface area contributed by atoms with E-state index in [1.807, 2.05) is 36.7 Å². The summed E-state index contributed by atoms with van der Waals surface area (Å²) in [6, 6.07) is 7.82. The number of thiazole rings is 1. The van der Waals surface area contributed by atoms with Gasteiger partial charge in [0, 0.05) is 28.9 Å². The summed E-state index contributed by atoms with van der Waals surface area (Å²) in [6.07, 6.45) is 1.78. The van der Waals surface area contributed by atoms with E-state index in [0.717, 1.165) is 16.3 Å². The second-order valence-corrected chi connectivity index (χ2v) is 5.84. The molecule has 2 N–H and O–H groups in total. The average Bonchev–Trinajstić information content (AvgIpc) is 3.18. The van der Waals surface area contributed by atoms with Crippen molar-refractivity contribution in [3.05, 3.63) is 35.8 Å². The molecule has 1 fully saturated rings. The van der Waals surface area contributed by atoms with Gasteiger partial charge in [0.25, 0.3) is 0 Å². The molecule has 0 aliphatic carbocycles. The van der Waals surface area contributed by atoms with Crippen LogP contribution in [0.2, 0.25) is 0 Å². The number of carbonyl (C=O) groups is 1. The lowest BCUT2D eigenvalue weighted by atomic mass is 10.0. The number of carbonyl (C=O) groups excluding carboxylic acids is 1. The Bertz CT molecular complexity index is 615. The Morgan fingerprint density at radius 1 is 1.43 bits per heavy atom. The minimum absolute atomic E-state index is 0.0110. The van der Waals surface area contributed by atoms with Gasteiger partial charge in [0.1, 0.15) is 5.01 Å². The first-order valence-corrected chi connectivity index (χ1v) is 7.71. The number of hydrogen-bond donors (Lipinski definition) is 2. The fourth-order valence-corrected chi connectivity index (χ4v) is 3.06. The Morgan fingerprint density at radius 2 is 2.33 bits per heavy atom. The molecular formula is C15H17N3O2S. The van der Waals surface area contributed by atoms with Gasteiger partial charge in [-0.25, -0.2) is 4.98 Å². The Balaban J connectivity index is 1.73. The number of likely N-dealkylation sites (N-methyl/N-ethyl adjacent to an activating group) is 1. The zero-order valence-corrected chi connectivity index (χ0v) is 12.5. The second-order valence-electron chi connectivity index (χ2n) is 4.95. The molecule has 5 nitrogen and oxygen atoms in total. The Hall–Kier alpha value is -1.76. The van der Waals surface area contributed by atoms with Crippen LogP contribution in [0.15, 0.2) is 35.8 Å². The van der Waals surface area contributed by atoms with E-state index in [2.05, 4.69) is 15.6 Å². The quantitative estimate of drug-likeness (QED) is 0.906. The number of benzene rings is 1. The van der Waals surface area contributed by atoms with E-state index < -0.39 is 0 Å². The zero-order chi connectivity index (χ0) is 14.7. The van der Waals surface area contributed by atoms with Gasteiger partial charge in [-0.2, -0.15) is 0 Å². The van der Waals surface area contributed by atoms with Gasteiger partial charge >= 0.3 is 0 Å². The highest BCUT2D eigenvalue weighted by Gasteiger charge is 2.32. The van der Waals surface area contributed by atoms with Gasteiger partial charge in [-0.15, -0.1) is 11.3 Å². The summed E-state index contributed by atoms with van der Waals surface area (Å²) in [7, 11) is 1.85. The fraction of sp³-hybridized carbons (Fsp3) is 0.333. The predicted octanol–water partition coefficient (Wildman–Crippen LogP) is 1.98. The van der Waals surface area contributed by atoms with E-state index >= 15 is 0 Å². The van der Waals surface area contributed by atoms with Crippen molar-refractivity contribution in [1.82, 2.24) is 10.3 Å². The summed E-state index contributed by atoms with van der Waals surface area (Å²) in [5.41, 5.74) is 1.80. The van der Waals surface area contributed by atoms with Crippen LogP contribution in [0.5, 0.6) is 0 Å². The maximum absolute atomic E-state index is 12.3. The normalized spacial score (nSPS) is 21.4. The molecule has 1 amide bonds. The molecule has 2 heterocycles. The first-order valence-electron chi connectivity index (χ1n) is 6.83. The van der Waals surface area contributed by atoms with Crippen LogP contribution in [0, 0.1) is 5.92 Å². The van der Waals surface area contributed by atoms with Gasteiger partial charge in [-0.05, 0) is 19.2 Å². The number of anilines is 1. The highest BCUT2D eigenvalue weighted by atomic mass is 32.1. The summed E-state index contributed by atoms with van der Waals surface area (Å²) < 4.78 is 5.37. The van der Waals surface area contributed by atoms with Gasteiger partial charge < -0.3 is 15.4 Å². The van der Waals surface area contributed by atoms with Gasteiger partial charge in [0.2, 0.25) is 5.91 Å². The maximum Gasteiger partial charge on any atom is 0.231 e. The summed E-state index contributed by atoms with van der Waals surface area (Å²) >= 11 is 1.58. The van der Waals surface area contributed by atoms with Crippen molar-refractivity contribution in [3.8, 4) is 10.6 Å². The van der Waals surface area contributed by atoms with E-state index in [9.17, 15) is 4.79 Å². The summed E-state index contributed by atoms with van der Waals surface area (Å²) in [5, 5.41) is 8.97. The van der Waals surface area contributed by atoms with Gasteiger partial charge in [0.05, 0.1) is 19.1 Å². The van der Waals surface area contributed by atoms with E-state index in [-0.39, 0.29) is 17.9 Å². The first kappa shape index (κ1) is 14.2. The Morgan fingerprint density at radius 3 is 3.10 bits per heavy atom. The fourth-order valence-electron chi connectivity index (χ4n) is 2.43. The molecule has 1 saturated heterocycles. The Labute approximate surface area is 127 Å². The molecule has 0 saturated carbocycles. The maximum atomic E-state index is 12.3. The largest absolute Gasteiger partial charge is 0.379 e. The van der Waals surface area contributed by atoms with E-state index in [4.69, 9.17) is 4.74 Å². The third-order valence-electron chi connectivity index (χ3n) is 3.60. The monoisotopic (exact) mass is 303 g/mol. The molecule has 2 atom stereocenters. The molecule has 21 heavy (non-hydrogen) atoms. The highest BCUT2D eigenvalue weighted by molar-refractivity contribution is 7.13. The van der Waals surface area contributed by atoms with Crippen molar-refractivity contribution in [3.63, 3.8) is 0 Å². The average molecular weight is 303 g/mol. The molecule has 110 valence electrons. The first-order chi connectivity index (χ1) is 10.3. The molecule has 1 aromatic heterocycles. The summed E-state index contributed by atoms with van der Waals surface area (Å²) in [5.74, 6) is -0.165. The minimum atomic E-state index is -0.154. The standard InChI is InChI=1S/C15H17N3O2S/c1-16-13-9-20-8-12(13)14(19)18-11-4-2-3-10(7-11)15-17-5-6-21-15/h2-7,12-13,16H,8-9H2,1H3,(H,18,19). The van der Waals surface area contributed by atoms with Crippen LogP contribution in [0.25, 0.3) is 10.6 Å². The number of hydrogen-bond acceptors (Lipinski definition) is 5. The van der Waals surface area contributed by atoms with Crippen LogP contribution in [0.4, 0.5) is 5.69 Å². The number of ether oxygens (including phenoxy) is 1. The lowest BCUT2D eigenvalue weighted by Crippen LogP contribution is -2.39. The van der Waals surface area contributed by atoms with Crippen molar-refractivity contribution >= 4 is 22.9 Å². The smallest absolute Gasteiger partial charge is 0.231 e. The van der Waals surface area contributed by atoms with Crippen LogP contribution in [-0.2, 0) is 9.53 Å². The van der Waals surface area contributed by atoms with Crippen molar-refractivity contribution in [1.29, 1.82) is 0 Å². The number of nitrogens with one attached hydrogen (secondary N) is 2. The lowest BCUT2D eigenvalue weighted by Gasteiger charge is -2.16. The summed E-state index contributed by atoms with van der Waals surface area (Å²) in [4.78, 5) is 16.6. The predicted molar refractivity (Wildman–Crippen MR) is 83.3 cm³/mol. The number of nitrogens with zero attached hydrogens (tertiary/aromatic N) is 1. The van der Waals surface area contributed by atoms with Crippen molar-refractivity contribution in [2.45, 2.75) is 6.04 Å². The number of aromatic nitrogens is 1. The molecule has 1 aromatic carbocycles. The topological polar surface area (TPSA) is 63.2 Å². The SMILES string of the molecule is CNC1COCC1C(=O)Nc1cccc(-c2nccs2)c1. The summed E-state index contributed by atoms with van der Waals surface area (Å²) in [6.45, 7) is 1.04. The van der Waals surface area contributed by atoms with E-state index in [1.165, 1.54) is 0 Å². The molecule has 6 heteroatoms. The lowest BCUT2D eigenvalue weighted by molar-refractivity contribution is -0.120. The Kier molecular flexibility index (Phi) is 4.28. The van der Waals surface area contributed by atoms with Crippen LogP contribution in [0.1, 0.15) is 0 Å². The molecule has 0 bridgehead atoms. The van der Waals surface area contributed by atoms with Crippen LogP contribution in [0.3, 0.4) is 0 Å². The van der Waals surface area contributed by atoms with Crippen LogP contribution < -0.4 is 10.6 Å². The van der Waals surface area contributed by atoms with Crippen molar-refractivity contribution in [2.75, 3.05) is 25.6 Å².